The van der Waals surface area contributed by atoms with Crippen molar-refractivity contribution in [3.63, 3.8) is 0 Å². The highest BCUT2D eigenvalue weighted by Gasteiger charge is 2.34. The average Bonchev–Trinajstić information content (AvgIpc) is 2.96. The van der Waals surface area contributed by atoms with E-state index in [2.05, 4.69) is 21.3 Å². The van der Waals surface area contributed by atoms with E-state index in [0.717, 1.165) is 11.1 Å². The smallest absolute Gasteiger partial charge is 0.250 e. The Bertz CT molecular complexity index is 1320. The van der Waals surface area contributed by atoms with Crippen LogP contribution in [-0.4, -0.2) is 58.7 Å². The molecule has 1 aliphatic rings. The predicted octanol–water partition coefficient (Wildman–Crippen LogP) is 3.01. The molecule has 1 aliphatic heterocycles. The van der Waals surface area contributed by atoms with E-state index in [4.69, 9.17) is 9.68 Å². The Morgan fingerprint density at radius 2 is 1.17 bits per heavy atom. The molecule has 0 aliphatic carbocycles. The van der Waals surface area contributed by atoms with Gasteiger partial charge in [-0.2, -0.15) is 11.0 Å². The van der Waals surface area contributed by atoms with Crippen molar-refractivity contribution in [2.75, 3.05) is 6.54 Å². The third-order valence-electron chi connectivity index (χ3n) is 5.92. The lowest BCUT2D eigenvalue weighted by Crippen LogP contribution is -2.49. The first-order valence-electron chi connectivity index (χ1n) is 13.9. The van der Waals surface area contributed by atoms with E-state index in [-0.39, 0.29) is 30.8 Å². The summed E-state index contributed by atoms with van der Waals surface area (Å²) >= 11 is 0. The first kappa shape index (κ1) is 32.7. The molecule has 0 spiro atoms. The van der Waals surface area contributed by atoms with Gasteiger partial charge in [0.1, 0.15) is 23.5 Å². The number of carbonyl (C=O) groups excluding carboxylic acids is 4. The molecular weight excluding hydrogens is 536 g/mol. The summed E-state index contributed by atoms with van der Waals surface area (Å²) in [5.41, 5.74) is 5.44. The molecule has 3 N–H and O–H groups in total. The van der Waals surface area contributed by atoms with Gasteiger partial charge in [-0.25, -0.2) is 4.99 Å². The molecule has 0 saturated heterocycles. The summed E-state index contributed by atoms with van der Waals surface area (Å²) in [6.07, 6.45) is 1.66. The van der Waals surface area contributed by atoms with E-state index >= 15 is 0 Å². The molecule has 0 saturated carbocycles. The molecule has 0 amide bonds. The van der Waals surface area contributed by atoms with E-state index in [9.17, 15) is 19.2 Å². The number of ketones is 4. The van der Waals surface area contributed by atoms with Crippen molar-refractivity contribution in [1.29, 1.82) is 0 Å². The first-order chi connectivity index (χ1) is 19.7. The van der Waals surface area contributed by atoms with Crippen LogP contribution in [0.15, 0.2) is 77.6 Å². The fourth-order valence-corrected chi connectivity index (χ4v) is 3.87. The number of Topliss-reactive ketones (excluding diaryl/α,β-unsaturated/α-hetero) is 4. The van der Waals surface area contributed by atoms with Gasteiger partial charge in [0, 0.05) is 6.20 Å². The van der Waals surface area contributed by atoms with Crippen LogP contribution in [0, 0.1) is 0 Å². The highest BCUT2D eigenvalue weighted by molar-refractivity contribution is 6.67. The van der Waals surface area contributed by atoms with Crippen molar-refractivity contribution in [2.45, 2.75) is 77.7 Å². The normalized spacial score (nSPS) is 15.1. The van der Waals surface area contributed by atoms with Crippen LogP contribution in [0.2, 0.25) is 0 Å². The van der Waals surface area contributed by atoms with Crippen molar-refractivity contribution in [3.8, 4) is 0 Å². The zero-order chi connectivity index (χ0) is 30.9. The van der Waals surface area contributed by atoms with Gasteiger partial charge >= 0.3 is 0 Å². The quantitative estimate of drug-likeness (QED) is 0.229. The SMILES string of the molecule is CC(C)(C)ON[C@@H](Cc1ccccc1)C(=O)C(=O)C1=CNCC(C(=O)C(=O)[C@H](Cc2ccccc2)NOC(C)(C)C)=N1. The van der Waals surface area contributed by atoms with Crippen LogP contribution in [0.1, 0.15) is 52.7 Å². The standard InChI is InChI=1S/C32H40N4O6/c1-31(2,3)41-35-23(17-21-13-9-7-10-14-21)27(37)29(39)25-19-33-20-26(34-25)30(40)28(38)24(36-42-32(4,5)6)18-22-15-11-8-12-16-22/h7-16,19,23-24,33,35-36H,17-18,20H2,1-6H3/t23-,24-/m0/s1. The van der Waals surface area contributed by atoms with Gasteiger partial charge in [-0.05, 0) is 65.5 Å². The number of hydroxylamine groups is 2. The van der Waals surface area contributed by atoms with Gasteiger partial charge in [0.05, 0.1) is 17.7 Å². The lowest BCUT2D eigenvalue weighted by molar-refractivity contribution is -0.142. The number of benzene rings is 2. The maximum absolute atomic E-state index is 13.4. The van der Waals surface area contributed by atoms with Crippen LogP contribution in [0.25, 0.3) is 0 Å². The highest BCUT2D eigenvalue weighted by Crippen LogP contribution is 2.14. The van der Waals surface area contributed by atoms with Gasteiger partial charge in [0.25, 0.3) is 0 Å². The molecule has 224 valence electrons. The monoisotopic (exact) mass is 576 g/mol. The molecule has 0 unspecified atom stereocenters. The lowest BCUT2D eigenvalue weighted by Gasteiger charge is -2.25. The third-order valence-corrected chi connectivity index (χ3v) is 5.92. The molecule has 10 heteroatoms. The van der Waals surface area contributed by atoms with Crippen molar-refractivity contribution >= 4 is 28.8 Å². The van der Waals surface area contributed by atoms with Gasteiger partial charge in [-0.3, -0.25) is 28.9 Å². The lowest BCUT2D eigenvalue weighted by atomic mass is 9.97. The van der Waals surface area contributed by atoms with Crippen molar-refractivity contribution in [3.05, 3.63) is 83.7 Å². The minimum Gasteiger partial charge on any atom is -0.383 e. The molecule has 0 radical (unpaired) electrons. The minimum atomic E-state index is -1.01. The maximum atomic E-state index is 13.4. The van der Waals surface area contributed by atoms with Crippen molar-refractivity contribution in [1.82, 2.24) is 16.3 Å². The van der Waals surface area contributed by atoms with Crippen LogP contribution in [0.4, 0.5) is 0 Å². The van der Waals surface area contributed by atoms with Gasteiger partial charge in [0.2, 0.25) is 23.1 Å². The highest BCUT2D eigenvalue weighted by atomic mass is 16.7. The number of nitrogens with one attached hydrogen (secondary N) is 3. The second kappa shape index (κ2) is 14.4. The molecule has 1 heterocycles. The molecule has 2 aromatic rings. The first-order valence-corrected chi connectivity index (χ1v) is 13.9. The fraction of sp³-hybridized carbons (Fsp3) is 0.406. The average molecular weight is 577 g/mol. The number of carbonyl (C=O) groups is 4. The van der Waals surface area contributed by atoms with Gasteiger partial charge in [0.15, 0.2) is 0 Å². The van der Waals surface area contributed by atoms with Crippen LogP contribution in [0.5, 0.6) is 0 Å². The van der Waals surface area contributed by atoms with Crippen LogP contribution < -0.4 is 16.3 Å². The van der Waals surface area contributed by atoms with Crippen LogP contribution >= 0.6 is 0 Å². The third kappa shape index (κ3) is 10.2. The summed E-state index contributed by atoms with van der Waals surface area (Å²) in [6, 6.07) is 16.4. The second-order valence-corrected chi connectivity index (χ2v) is 12.0. The van der Waals surface area contributed by atoms with Crippen LogP contribution in [0.3, 0.4) is 0 Å². The maximum Gasteiger partial charge on any atom is 0.250 e. The summed E-state index contributed by atoms with van der Waals surface area (Å²) in [5.74, 6) is -3.36. The van der Waals surface area contributed by atoms with E-state index in [1.807, 2.05) is 102 Å². The molecule has 0 bridgehead atoms. The number of rotatable bonds is 14. The summed E-state index contributed by atoms with van der Waals surface area (Å²) < 4.78 is 0. The van der Waals surface area contributed by atoms with Gasteiger partial charge in [-0.1, -0.05) is 60.7 Å². The summed E-state index contributed by atoms with van der Waals surface area (Å²) in [6.45, 7) is 10.8. The number of nitrogens with zero attached hydrogens (tertiary/aromatic N) is 1. The molecule has 2 atom stereocenters. The fourth-order valence-electron chi connectivity index (χ4n) is 3.87. The summed E-state index contributed by atoms with van der Waals surface area (Å²) in [5, 5.41) is 2.80. The molecular formula is C32H40N4O6. The zero-order valence-corrected chi connectivity index (χ0v) is 25.0. The minimum absolute atomic E-state index is 0.0768. The summed E-state index contributed by atoms with van der Waals surface area (Å²) in [4.78, 5) is 68.7. The molecule has 0 fully saturated rings. The Hall–Kier alpha value is -3.83. The Labute approximate surface area is 246 Å². The Kier molecular flexibility index (Phi) is 11.2. The Balaban J connectivity index is 1.79. The van der Waals surface area contributed by atoms with Crippen LogP contribution in [-0.2, 0) is 41.7 Å². The molecule has 42 heavy (non-hydrogen) atoms. The topological polar surface area (TPSA) is 135 Å². The molecule has 2 aromatic carbocycles. The van der Waals surface area contributed by atoms with Gasteiger partial charge in [-0.15, -0.1) is 0 Å². The predicted molar refractivity (Wildman–Crippen MR) is 159 cm³/mol. The number of hydrogen-bond donors (Lipinski definition) is 3. The summed E-state index contributed by atoms with van der Waals surface area (Å²) in [7, 11) is 0. The Morgan fingerprint density at radius 1 is 0.738 bits per heavy atom. The molecule has 3 rings (SSSR count). The molecule has 10 nitrogen and oxygen atoms in total. The van der Waals surface area contributed by atoms with E-state index in [1.54, 1.807) is 0 Å². The second-order valence-electron chi connectivity index (χ2n) is 12.0. The van der Waals surface area contributed by atoms with Crippen molar-refractivity contribution in [2.24, 2.45) is 4.99 Å². The largest absolute Gasteiger partial charge is 0.383 e. The Morgan fingerprint density at radius 3 is 1.60 bits per heavy atom. The molecule has 0 aromatic heterocycles. The van der Waals surface area contributed by atoms with E-state index < -0.39 is 46.4 Å². The number of aliphatic imine (C=N–C) groups is 1. The zero-order valence-electron chi connectivity index (χ0n) is 25.0. The van der Waals surface area contributed by atoms with Gasteiger partial charge < -0.3 is 5.32 Å². The van der Waals surface area contributed by atoms with Crippen molar-refractivity contribution < 1.29 is 28.9 Å². The van der Waals surface area contributed by atoms with E-state index in [1.165, 1.54) is 6.20 Å². The number of hydrogen-bond acceptors (Lipinski definition) is 10. The number of allylic oxidation sites excluding steroid dienone is 1. The van der Waals surface area contributed by atoms with E-state index in [0.29, 0.717) is 0 Å².